The van der Waals surface area contributed by atoms with Crippen LogP contribution in [0.3, 0.4) is 0 Å². The Bertz CT molecular complexity index is 1160. The smallest absolute Gasteiger partial charge is 0.252 e. The SMILES string of the molecule is O=C(NC(C1=NNCC1)c1cc(-c2ccc(Cl)cc2)c(Cl)cc1Cl)c1cccc(Cl)c1. The van der Waals surface area contributed by atoms with Crippen LogP contribution >= 0.6 is 46.4 Å². The molecule has 1 aliphatic rings. The Labute approximate surface area is 200 Å². The highest BCUT2D eigenvalue weighted by molar-refractivity contribution is 6.37. The summed E-state index contributed by atoms with van der Waals surface area (Å²) in [4.78, 5) is 13.0. The molecule has 0 saturated heterocycles. The number of carbonyl (C=O) groups is 1. The van der Waals surface area contributed by atoms with Crippen molar-refractivity contribution in [3.63, 3.8) is 0 Å². The second kappa shape index (κ2) is 9.49. The van der Waals surface area contributed by atoms with Crippen LogP contribution in [0.25, 0.3) is 11.1 Å². The van der Waals surface area contributed by atoms with Gasteiger partial charge in [-0.2, -0.15) is 5.10 Å². The molecule has 0 fully saturated rings. The third-order valence-electron chi connectivity index (χ3n) is 4.96. The average Bonchev–Trinajstić information content (AvgIpc) is 3.28. The molecule has 2 N–H and O–H groups in total. The Balaban J connectivity index is 1.75. The van der Waals surface area contributed by atoms with Crippen molar-refractivity contribution < 1.29 is 4.79 Å². The Morgan fingerprint density at radius 2 is 1.71 bits per heavy atom. The van der Waals surface area contributed by atoms with Crippen molar-refractivity contribution >= 4 is 58.0 Å². The minimum atomic E-state index is -0.530. The number of hydrogen-bond acceptors (Lipinski definition) is 3. The minimum Gasteiger partial charge on any atom is -0.340 e. The highest BCUT2D eigenvalue weighted by atomic mass is 35.5. The maximum absolute atomic E-state index is 13.0. The van der Waals surface area contributed by atoms with Gasteiger partial charge >= 0.3 is 0 Å². The van der Waals surface area contributed by atoms with Gasteiger partial charge in [-0.25, -0.2) is 0 Å². The lowest BCUT2D eigenvalue weighted by atomic mass is 9.95. The molecule has 0 aliphatic carbocycles. The number of carbonyl (C=O) groups excluding carboxylic acids is 1. The number of hydrogen-bond donors (Lipinski definition) is 2. The quantitative estimate of drug-likeness (QED) is 0.412. The minimum absolute atomic E-state index is 0.277. The van der Waals surface area contributed by atoms with E-state index >= 15 is 0 Å². The zero-order valence-corrected chi connectivity index (χ0v) is 19.2. The molecule has 0 saturated carbocycles. The van der Waals surface area contributed by atoms with Gasteiger partial charge in [-0.05, 0) is 53.6 Å². The van der Waals surface area contributed by atoms with Gasteiger partial charge in [0, 0.05) is 44.2 Å². The summed E-state index contributed by atoms with van der Waals surface area (Å²) >= 11 is 25.2. The van der Waals surface area contributed by atoms with Crippen LogP contribution in [0, 0.1) is 0 Å². The van der Waals surface area contributed by atoms with Crippen LogP contribution in [-0.4, -0.2) is 18.2 Å². The maximum Gasteiger partial charge on any atom is 0.252 e. The zero-order valence-electron chi connectivity index (χ0n) is 16.1. The van der Waals surface area contributed by atoms with Crippen LogP contribution in [0.5, 0.6) is 0 Å². The fourth-order valence-electron chi connectivity index (χ4n) is 3.43. The maximum atomic E-state index is 13.0. The molecule has 0 spiro atoms. The summed E-state index contributed by atoms with van der Waals surface area (Å²) in [7, 11) is 0. The summed E-state index contributed by atoms with van der Waals surface area (Å²) in [6.45, 7) is 0.689. The van der Waals surface area contributed by atoms with E-state index in [0.29, 0.717) is 44.2 Å². The lowest BCUT2D eigenvalue weighted by molar-refractivity contribution is 0.0946. The van der Waals surface area contributed by atoms with Gasteiger partial charge in [0.25, 0.3) is 5.91 Å². The highest BCUT2D eigenvalue weighted by Gasteiger charge is 2.27. The summed E-state index contributed by atoms with van der Waals surface area (Å²) in [5.41, 5.74) is 6.56. The molecule has 3 aromatic carbocycles. The molecule has 4 rings (SSSR count). The van der Waals surface area contributed by atoms with Gasteiger partial charge in [0.15, 0.2) is 0 Å². The molecule has 1 atom stereocenters. The molecule has 3 aromatic rings. The molecular formula is C23H17Cl4N3O. The summed E-state index contributed by atoms with van der Waals surface area (Å²) in [5.74, 6) is -0.277. The van der Waals surface area contributed by atoms with E-state index in [1.807, 2.05) is 18.2 Å². The van der Waals surface area contributed by atoms with Crippen molar-refractivity contribution in [1.29, 1.82) is 0 Å². The van der Waals surface area contributed by atoms with E-state index in [2.05, 4.69) is 15.8 Å². The van der Waals surface area contributed by atoms with Crippen LogP contribution in [0.2, 0.25) is 20.1 Å². The number of nitrogens with zero attached hydrogens (tertiary/aromatic N) is 1. The first-order valence-electron chi connectivity index (χ1n) is 9.53. The van der Waals surface area contributed by atoms with E-state index < -0.39 is 6.04 Å². The van der Waals surface area contributed by atoms with Crippen LogP contribution < -0.4 is 10.7 Å². The van der Waals surface area contributed by atoms with Crippen molar-refractivity contribution in [2.45, 2.75) is 12.5 Å². The molecular weight excluding hydrogens is 476 g/mol. The first-order valence-corrected chi connectivity index (χ1v) is 11.0. The fraction of sp³-hybridized carbons (Fsp3) is 0.130. The van der Waals surface area contributed by atoms with Crippen LogP contribution in [0.4, 0.5) is 0 Å². The average molecular weight is 493 g/mol. The van der Waals surface area contributed by atoms with Gasteiger partial charge in [-0.1, -0.05) is 64.6 Å². The van der Waals surface area contributed by atoms with Crippen molar-refractivity contribution in [1.82, 2.24) is 10.7 Å². The summed E-state index contributed by atoms with van der Waals surface area (Å²) in [5, 5.41) is 9.48. The van der Waals surface area contributed by atoms with E-state index in [1.165, 1.54) is 0 Å². The normalized spacial score (nSPS) is 14.0. The first-order chi connectivity index (χ1) is 14.9. The molecule has 4 nitrogen and oxygen atoms in total. The number of amides is 1. The van der Waals surface area contributed by atoms with E-state index in [4.69, 9.17) is 46.4 Å². The molecule has 0 bridgehead atoms. The van der Waals surface area contributed by atoms with E-state index in [1.54, 1.807) is 42.5 Å². The third kappa shape index (κ3) is 4.99. The molecule has 158 valence electrons. The molecule has 1 heterocycles. The lowest BCUT2D eigenvalue weighted by Gasteiger charge is -2.22. The largest absolute Gasteiger partial charge is 0.340 e. The second-order valence-electron chi connectivity index (χ2n) is 7.04. The van der Waals surface area contributed by atoms with E-state index in [9.17, 15) is 4.79 Å². The van der Waals surface area contributed by atoms with Gasteiger partial charge in [-0.3, -0.25) is 4.79 Å². The van der Waals surface area contributed by atoms with Gasteiger partial charge in [0.05, 0.1) is 11.8 Å². The Kier molecular flexibility index (Phi) is 6.73. The molecule has 0 aromatic heterocycles. The lowest BCUT2D eigenvalue weighted by Crippen LogP contribution is -2.33. The Morgan fingerprint density at radius 3 is 2.39 bits per heavy atom. The van der Waals surface area contributed by atoms with Crippen LogP contribution in [-0.2, 0) is 0 Å². The Hall–Kier alpha value is -2.24. The van der Waals surface area contributed by atoms with Gasteiger partial charge in [0.1, 0.15) is 0 Å². The van der Waals surface area contributed by atoms with Crippen LogP contribution in [0.15, 0.2) is 65.8 Å². The Morgan fingerprint density at radius 1 is 0.935 bits per heavy atom. The topological polar surface area (TPSA) is 53.5 Å². The number of benzene rings is 3. The van der Waals surface area contributed by atoms with Crippen molar-refractivity contribution in [3.05, 3.63) is 91.9 Å². The number of rotatable bonds is 5. The van der Waals surface area contributed by atoms with Gasteiger partial charge in [0.2, 0.25) is 0 Å². The molecule has 8 heteroatoms. The van der Waals surface area contributed by atoms with Crippen molar-refractivity contribution in [2.24, 2.45) is 5.10 Å². The van der Waals surface area contributed by atoms with Crippen molar-refractivity contribution in [2.75, 3.05) is 6.54 Å². The molecule has 1 amide bonds. The van der Waals surface area contributed by atoms with Gasteiger partial charge in [-0.15, -0.1) is 0 Å². The van der Waals surface area contributed by atoms with Crippen LogP contribution in [0.1, 0.15) is 28.4 Å². The van der Waals surface area contributed by atoms with Gasteiger partial charge < -0.3 is 10.7 Å². The number of nitrogens with one attached hydrogen (secondary N) is 2. The number of hydrazone groups is 1. The number of halogens is 4. The predicted molar refractivity (Wildman–Crippen MR) is 129 cm³/mol. The zero-order chi connectivity index (χ0) is 22.0. The summed E-state index contributed by atoms with van der Waals surface area (Å²) in [6.07, 6.45) is 0.676. The monoisotopic (exact) mass is 491 g/mol. The summed E-state index contributed by atoms with van der Waals surface area (Å²) < 4.78 is 0. The summed E-state index contributed by atoms with van der Waals surface area (Å²) in [6, 6.07) is 17.2. The predicted octanol–water partition coefficient (Wildman–Crippen LogP) is 6.79. The molecule has 1 aliphatic heterocycles. The van der Waals surface area contributed by atoms with Crippen molar-refractivity contribution in [3.8, 4) is 11.1 Å². The molecule has 1 unspecified atom stereocenters. The first kappa shape index (κ1) is 22.0. The molecule has 31 heavy (non-hydrogen) atoms. The highest BCUT2D eigenvalue weighted by Crippen LogP contribution is 2.37. The third-order valence-corrected chi connectivity index (χ3v) is 6.09. The second-order valence-corrected chi connectivity index (χ2v) is 8.73. The molecule has 0 radical (unpaired) electrons. The fourth-order valence-corrected chi connectivity index (χ4v) is 4.35. The standard InChI is InChI=1S/C23H17Cl4N3O/c24-15-6-4-13(5-7-15)17-11-18(20(27)12-19(17)26)22(21-8-9-28-30-21)29-23(31)14-2-1-3-16(25)10-14/h1-7,10-12,22,28H,8-9H2,(H,29,31). The van der Waals surface area contributed by atoms with E-state index in [0.717, 1.165) is 16.8 Å². The van der Waals surface area contributed by atoms with E-state index in [-0.39, 0.29) is 5.91 Å².